The van der Waals surface area contributed by atoms with Crippen molar-refractivity contribution in [1.82, 2.24) is 4.90 Å². The summed E-state index contributed by atoms with van der Waals surface area (Å²) in [6.45, 7) is -0.132. The Morgan fingerprint density at radius 3 is 2.40 bits per heavy atom. The maximum atomic E-state index is 13.5. The van der Waals surface area contributed by atoms with E-state index in [0.29, 0.717) is 11.3 Å². The van der Waals surface area contributed by atoms with Crippen LogP contribution in [0.2, 0.25) is 5.02 Å². The van der Waals surface area contributed by atoms with Crippen molar-refractivity contribution in [3.05, 3.63) is 103 Å². The molecule has 1 aliphatic rings. The first kappa shape index (κ1) is 24.5. The van der Waals surface area contributed by atoms with Crippen molar-refractivity contribution < 1.29 is 23.7 Å². The maximum absolute atomic E-state index is 13.5. The number of nitrogens with zero attached hydrogens (tertiary/aromatic N) is 3. The van der Waals surface area contributed by atoms with Crippen LogP contribution >= 0.6 is 27.5 Å². The monoisotopic (exact) mass is 559 g/mol. The van der Waals surface area contributed by atoms with Gasteiger partial charge in [0, 0.05) is 22.6 Å². The van der Waals surface area contributed by atoms with Crippen LogP contribution in [-0.2, 0) is 16.1 Å². The molecule has 1 saturated heterocycles. The minimum absolute atomic E-state index is 0.0782. The van der Waals surface area contributed by atoms with Gasteiger partial charge in [-0.2, -0.15) is 0 Å². The van der Waals surface area contributed by atoms with Gasteiger partial charge < -0.3 is 4.90 Å². The quantitative estimate of drug-likeness (QED) is 0.237. The fourth-order valence-electron chi connectivity index (χ4n) is 3.78. The molecule has 0 spiro atoms. The summed E-state index contributed by atoms with van der Waals surface area (Å²) in [7, 11) is 0. The molecule has 0 saturated carbocycles. The molecular formula is C24H16BrClFN3O5. The summed E-state index contributed by atoms with van der Waals surface area (Å²) < 4.78 is 14.2. The second-order valence-electron chi connectivity index (χ2n) is 7.75. The lowest BCUT2D eigenvalue weighted by molar-refractivity contribution is -0.384. The number of nitro benzene ring substituents is 1. The topological polar surface area (TPSA) is 101 Å². The molecule has 1 atom stereocenters. The fraction of sp³-hybridized carbons (Fsp3) is 0.125. The predicted octanol–water partition coefficient (Wildman–Crippen LogP) is 5.12. The van der Waals surface area contributed by atoms with Crippen molar-refractivity contribution in [2.75, 3.05) is 4.90 Å². The highest BCUT2D eigenvalue weighted by Crippen LogP contribution is 2.30. The van der Waals surface area contributed by atoms with Gasteiger partial charge in [0.05, 0.1) is 17.0 Å². The molecule has 0 aromatic heterocycles. The molecule has 178 valence electrons. The van der Waals surface area contributed by atoms with Crippen LogP contribution in [0.3, 0.4) is 0 Å². The van der Waals surface area contributed by atoms with Crippen molar-refractivity contribution in [3.8, 4) is 0 Å². The Bertz CT molecular complexity index is 1330. The molecule has 1 unspecified atom stereocenters. The summed E-state index contributed by atoms with van der Waals surface area (Å²) in [5.74, 6) is -2.30. The number of anilines is 1. The molecule has 1 fully saturated rings. The summed E-state index contributed by atoms with van der Waals surface area (Å²) in [5.41, 5.74) is 0.308. The van der Waals surface area contributed by atoms with Gasteiger partial charge in [-0.1, -0.05) is 39.7 Å². The number of hydrogen-bond donors (Lipinski definition) is 0. The van der Waals surface area contributed by atoms with Crippen molar-refractivity contribution in [2.24, 2.45) is 0 Å². The molecule has 3 amide bonds. The molecule has 3 aromatic rings. The van der Waals surface area contributed by atoms with Gasteiger partial charge in [-0.15, -0.1) is 0 Å². The number of carbonyl (C=O) groups is 3. The van der Waals surface area contributed by atoms with Crippen LogP contribution in [0.1, 0.15) is 22.3 Å². The molecule has 3 aromatic carbocycles. The summed E-state index contributed by atoms with van der Waals surface area (Å²) >= 11 is 9.18. The molecule has 35 heavy (non-hydrogen) atoms. The number of nitro groups is 1. The molecule has 0 bridgehead atoms. The van der Waals surface area contributed by atoms with Gasteiger partial charge in [-0.25, -0.2) is 9.29 Å². The third kappa shape index (κ3) is 5.08. The normalized spacial score (nSPS) is 15.4. The van der Waals surface area contributed by atoms with Crippen molar-refractivity contribution in [3.63, 3.8) is 0 Å². The summed E-state index contributed by atoms with van der Waals surface area (Å²) in [4.78, 5) is 52.5. The zero-order chi connectivity index (χ0) is 25.3. The van der Waals surface area contributed by atoms with E-state index in [1.807, 2.05) is 0 Å². The lowest BCUT2D eigenvalue weighted by Gasteiger charge is -2.28. The van der Waals surface area contributed by atoms with Crippen molar-refractivity contribution in [2.45, 2.75) is 19.0 Å². The summed E-state index contributed by atoms with van der Waals surface area (Å²) in [6.07, 6.45) is -0.280. The third-order valence-electron chi connectivity index (χ3n) is 5.50. The zero-order valence-electron chi connectivity index (χ0n) is 17.9. The van der Waals surface area contributed by atoms with Gasteiger partial charge in [0.2, 0.25) is 5.91 Å². The molecule has 0 radical (unpaired) electrons. The first-order valence-electron chi connectivity index (χ1n) is 10.3. The van der Waals surface area contributed by atoms with E-state index in [4.69, 9.17) is 11.6 Å². The molecule has 1 aliphatic heterocycles. The van der Waals surface area contributed by atoms with E-state index < -0.39 is 40.2 Å². The predicted molar refractivity (Wildman–Crippen MR) is 129 cm³/mol. The second-order valence-corrected chi connectivity index (χ2v) is 9.07. The van der Waals surface area contributed by atoms with Crippen LogP contribution in [0.5, 0.6) is 0 Å². The largest absolute Gasteiger partial charge is 0.322 e. The first-order valence-corrected chi connectivity index (χ1v) is 11.4. The summed E-state index contributed by atoms with van der Waals surface area (Å²) in [5, 5.41) is 11.2. The lowest BCUT2D eigenvalue weighted by Crippen LogP contribution is -2.45. The van der Waals surface area contributed by atoms with Crippen LogP contribution in [0, 0.1) is 15.9 Å². The van der Waals surface area contributed by atoms with Crippen LogP contribution < -0.4 is 4.90 Å². The highest BCUT2D eigenvalue weighted by molar-refractivity contribution is 9.10. The summed E-state index contributed by atoms with van der Waals surface area (Å²) in [6, 6.07) is 14.3. The highest BCUT2D eigenvalue weighted by atomic mass is 79.9. The van der Waals surface area contributed by atoms with Gasteiger partial charge >= 0.3 is 0 Å². The van der Waals surface area contributed by atoms with Crippen LogP contribution in [-0.4, -0.2) is 33.6 Å². The Hall–Kier alpha value is -3.63. The molecular weight excluding hydrogens is 545 g/mol. The van der Waals surface area contributed by atoms with E-state index >= 15 is 0 Å². The van der Waals surface area contributed by atoms with E-state index in [2.05, 4.69) is 15.9 Å². The molecule has 8 nitrogen and oxygen atoms in total. The average molecular weight is 561 g/mol. The molecule has 0 N–H and O–H groups in total. The Morgan fingerprint density at radius 2 is 1.77 bits per heavy atom. The number of imide groups is 1. The Morgan fingerprint density at radius 1 is 1.11 bits per heavy atom. The van der Waals surface area contributed by atoms with E-state index in [1.54, 1.807) is 24.3 Å². The minimum atomic E-state index is -1.17. The number of hydrogen-bond acceptors (Lipinski definition) is 5. The maximum Gasteiger partial charge on any atom is 0.288 e. The van der Waals surface area contributed by atoms with Gasteiger partial charge in [-0.05, 0) is 54.1 Å². The Labute approximate surface area is 212 Å². The molecule has 11 heteroatoms. The number of rotatable bonds is 6. The van der Waals surface area contributed by atoms with Crippen molar-refractivity contribution >= 4 is 56.6 Å². The lowest BCUT2D eigenvalue weighted by atomic mass is 10.1. The molecule has 1 heterocycles. The number of benzene rings is 3. The SMILES string of the molecule is O=C1CC(N(Cc2ccc(F)cc2)C(=O)c2ccc(Cl)c([N+](=O)[O-])c2)C(=O)N1c1ccc(Br)cc1. The molecule has 0 aliphatic carbocycles. The highest BCUT2D eigenvalue weighted by Gasteiger charge is 2.44. The van der Waals surface area contributed by atoms with Crippen LogP contribution in [0.15, 0.2) is 71.2 Å². The van der Waals surface area contributed by atoms with Crippen LogP contribution in [0.4, 0.5) is 15.8 Å². The number of halogens is 3. The van der Waals surface area contributed by atoms with Crippen LogP contribution in [0.25, 0.3) is 0 Å². The van der Waals surface area contributed by atoms with E-state index in [0.717, 1.165) is 15.4 Å². The Balaban J connectivity index is 1.72. The third-order valence-corrected chi connectivity index (χ3v) is 6.35. The minimum Gasteiger partial charge on any atom is -0.322 e. The first-order chi connectivity index (χ1) is 16.7. The number of amides is 3. The van der Waals surface area contributed by atoms with Gasteiger partial charge in [0.25, 0.3) is 17.5 Å². The van der Waals surface area contributed by atoms with Crippen molar-refractivity contribution in [1.29, 1.82) is 0 Å². The van der Waals surface area contributed by atoms with E-state index in [1.165, 1.54) is 41.3 Å². The van der Waals surface area contributed by atoms with E-state index in [9.17, 15) is 28.9 Å². The van der Waals surface area contributed by atoms with Gasteiger partial charge in [-0.3, -0.25) is 24.5 Å². The Kier molecular flexibility index (Phi) is 6.95. The molecule has 4 rings (SSSR count). The second kappa shape index (κ2) is 9.93. The van der Waals surface area contributed by atoms with Gasteiger partial charge in [0.15, 0.2) is 0 Å². The number of carbonyl (C=O) groups excluding carboxylic acids is 3. The average Bonchev–Trinajstić information content (AvgIpc) is 3.12. The van der Waals surface area contributed by atoms with Gasteiger partial charge in [0.1, 0.15) is 16.9 Å². The standard InChI is InChI=1S/C24H16BrClFN3O5/c25-16-4-8-18(9-5-16)29-22(31)12-21(24(29)33)28(13-14-1-6-17(27)7-2-14)23(32)15-3-10-19(26)20(11-15)30(34)35/h1-11,21H,12-13H2. The van der Waals surface area contributed by atoms with E-state index in [-0.39, 0.29) is 23.6 Å². The smallest absolute Gasteiger partial charge is 0.288 e. The zero-order valence-corrected chi connectivity index (χ0v) is 20.2. The fourth-order valence-corrected chi connectivity index (χ4v) is 4.23.